The maximum Gasteiger partial charge on any atom is 0.0410 e. The van der Waals surface area contributed by atoms with Crippen molar-refractivity contribution in [2.45, 2.75) is 32.7 Å². The zero-order valence-corrected chi connectivity index (χ0v) is 12.0. The molecule has 0 aliphatic carbocycles. The molecular formula is C12H17ClIN. The van der Waals surface area contributed by atoms with Gasteiger partial charge in [-0.05, 0) is 58.7 Å². The Morgan fingerprint density at radius 2 is 2.13 bits per heavy atom. The van der Waals surface area contributed by atoms with Crippen LogP contribution >= 0.6 is 34.2 Å². The molecule has 0 spiro atoms. The highest BCUT2D eigenvalue weighted by atomic mass is 127. The molecule has 1 aromatic carbocycles. The van der Waals surface area contributed by atoms with Gasteiger partial charge in [-0.2, -0.15) is 0 Å². The lowest BCUT2D eigenvalue weighted by atomic mass is 9.95. The first-order valence-corrected chi connectivity index (χ1v) is 6.70. The van der Waals surface area contributed by atoms with Crippen molar-refractivity contribution in [1.82, 2.24) is 0 Å². The Kier molecular flexibility index (Phi) is 5.36. The fourth-order valence-corrected chi connectivity index (χ4v) is 2.44. The van der Waals surface area contributed by atoms with Crippen molar-refractivity contribution < 1.29 is 0 Å². The summed E-state index contributed by atoms with van der Waals surface area (Å²) in [5.74, 6) is 0.662. The smallest absolute Gasteiger partial charge is 0.0410 e. The van der Waals surface area contributed by atoms with E-state index >= 15 is 0 Å². The number of halogens is 2. The van der Waals surface area contributed by atoms with Crippen molar-refractivity contribution in [3.8, 4) is 0 Å². The molecule has 3 heteroatoms. The molecule has 0 aliphatic heterocycles. The molecule has 1 nitrogen and oxygen atoms in total. The molecule has 1 aromatic rings. The normalized spacial score (nSPS) is 15.0. The maximum atomic E-state index is 6.18. The third-order valence-corrected chi connectivity index (χ3v) is 3.93. The largest absolute Gasteiger partial charge is 0.324 e. The van der Waals surface area contributed by atoms with Gasteiger partial charge >= 0.3 is 0 Å². The van der Waals surface area contributed by atoms with Gasteiger partial charge in [-0.1, -0.05) is 31.9 Å². The van der Waals surface area contributed by atoms with Crippen LogP contribution in [0.2, 0.25) is 5.02 Å². The standard InChI is InChI=1S/C12H17ClIN/c1-3-8(2)6-12(15)10-7-9(13)4-5-11(10)14/h4-5,7-8,12H,3,6,15H2,1-2H3. The molecule has 0 fully saturated rings. The van der Waals surface area contributed by atoms with Gasteiger partial charge in [0, 0.05) is 14.6 Å². The lowest BCUT2D eigenvalue weighted by Crippen LogP contribution is -2.15. The van der Waals surface area contributed by atoms with Crippen LogP contribution in [0.25, 0.3) is 0 Å². The topological polar surface area (TPSA) is 26.0 Å². The van der Waals surface area contributed by atoms with Crippen LogP contribution in [0.3, 0.4) is 0 Å². The van der Waals surface area contributed by atoms with Gasteiger partial charge in [0.1, 0.15) is 0 Å². The van der Waals surface area contributed by atoms with Gasteiger partial charge in [-0.3, -0.25) is 0 Å². The molecule has 0 aliphatic rings. The van der Waals surface area contributed by atoms with Crippen LogP contribution in [0.4, 0.5) is 0 Å². The molecule has 0 bridgehead atoms. The summed E-state index contributed by atoms with van der Waals surface area (Å²) < 4.78 is 1.20. The summed E-state index contributed by atoms with van der Waals surface area (Å²) >= 11 is 8.28. The summed E-state index contributed by atoms with van der Waals surface area (Å²) in [6.45, 7) is 4.43. The van der Waals surface area contributed by atoms with Crippen molar-refractivity contribution in [2.75, 3.05) is 0 Å². The molecule has 0 aromatic heterocycles. The van der Waals surface area contributed by atoms with Crippen LogP contribution in [-0.4, -0.2) is 0 Å². The maximum absolute atomic E-state index is 6.18. The summed E-state index contributed by atoms with van der Waals surface area (Å²) in [6.07, 6.45) is 2.19. The van der Waals surface area contributed by atoms with Crippen molar-refractivity contribution in [2.24, 2.45) is 11.7 Å². The number of rotatable bonds is 4. The van der Waals surface area contributed by atoms with E-state index < -0.39 is 0 Å². The van der Waals surface area contributed by atoms with E-state index in [1.807, 2.05) is 18.2 Å². The molecule has 1 rings (SSSR count). The first-order chi connectivity index (χ1) is 7.04. The summed E-state index contributed by atoms with van der Waals surface area (Å²) in [4.78, 5) is 0. The summed E-state index contributed by atoms with van der Waals surface area (Å²) in [5, 5.41) is 0.769. The van der Waals surface area contributed by atoms with Crippen LogP contribution in [-0.2, 0) is 0 Å². The number of nitrogens with two attached hydrogens (primary N) is 1. The fourth-order valence-electron chi connectivity index (χ4n) is 1.53. The van der Waals surface area contributed by atoms with Gasteiger partial charge in [0.05, 0.1) is 0 Å². The average molecular weight is 338 g/mol. The van der Waals surface area contributed by atoms with E-state index in [0.29, 0.717) is 5.92 Å². The van der Waals surface area contributed by atoms with Gasteiger partial charge in [0.2, 0.25) is 0 Å². The van der Waals surface area contributed by atoms with Crippen LogP contribution < -0.4 is 5.73 Å². The van der Waals surface area contributed by atoms with Gasteiger partial charge in [-0.25, -0.2) is 0 Å². The molecule has 84 valence electrons. The highest BCUT2D eigenvalue weighted by molar-refractivity contribution is 14.1. The van der Waals surface area contributed by atoms with Gasteiger partial charge in [-0.15, -0.1) is 0 Å². The SMILES string of the molecule is CCC(C)CC(N)c1cc(Cl)ccc1I. The third kappa shape index (κ3) is 3.93. The average Bonchev–Trinajstić information content (AvgIpc) is 2.21. The van der Waals surface area contributed by atoms with Crippen LogP contribution in [0.5, 0.6) is 0 Å². The molecule has 0 radical (unpaired) electrons. The van der Waals surface area contributed by atoms with E-state index in [0.717, 1.165) is 11.4 Å². The predicted octanol–water partition coefficient (Wildman–Crippen LogP) is 4.38. The number of benzene rings is 1. The molecule has 15 heavy (non-hydrogen) atoms. The monoisotopic (exact) mass is 337 g/mol. The van der Waals surface area contributed by atoms with Gasteiger partial charge in [0.25, 0.3) is 0 Å². The Bertz CT molecular complexity index is 327. The molecule has 2 N–H and O–H groups in total. The Labute approximate surface area is 111 Å². The quantitative estimate of drug-likeness (QED) is 0.811. The molecule has 0 saturated carbocycles. The third-order valence-electron chi connectivity index (χ3n) is 2.71. The molecule has 0 heterocycles. The van der Waals surface area contributed by atoms with Crippen LogP contribution in [0, 0.1) is 9.49 Å². The minimum Gasteiger partial charge on any atom is -0.324 e. The van der Waals surface area contributed by atoms with Gasteiger partial charge < -0.3 is 5.73 Å². The summed E-state index contributed by atoms with van der Waals surface area (Å²) in [7, 11) is 0. The van der Waals surface area contributed by atoms with Gasteiger partial charge in [0.15, 0.2) is 0 Å². The first-order valence-electron chi connectivity index (χ1n) is 5.25. The Hall–Kier alpha value is 0.200. The molecule has 0 saturated heterocycles. The number of hydrogen-bond donors (Lipinski definition) is 1. The lowest BCUT2D eigenvalue weighted by molar-refractivity contribution is 0.460. The zero-order chi connectivity index (χ0) is 11.4. The van der Waals surface area contributed by atoms with E-state index in [1.54, 1.807) is 0 Å². The van der Waals surface area contributed by atoms with Crippen molar-refractivity contribution in [3.05, 3.63) is 32.4 Å². The lowest BCUT2D eigenvalue weighted by Gasteiger charge is -2.17. The first kappa shape index (κ1) is 13.3. The van der Waals surface area contributed by atoms with Crippen LogP contribution in [0.1, 0.15) is 38.3 Å². The number of hydrogen-bond acceptors (Lipinski definition) is 1. The fraction of sp³-hybridized carbons (Fsp3) is 0.500. The minimum absolute atomic E-state index is 0.102. The van der Waals surface area contributed by atoms with Crippen LogP contribution in [0.15, 0.2) is 18.2 Å². The molecule has 2 atom stereocenters. The second kappa shape index (κ2) is 6.06. The second-order valence-corrected chi connectivity index (χ2v) is 5.62. The summed E-state index contributed by atoms with van der Waals surface area (Å²) in [6, 6.07) is 6.01. The Morgan fingerprint density at radius 3 is 2.73 bits per heavy atom. The van der Waals surface area contributed by atoms with Crippen molar-refractivity contribution in [3.63, 3.8) is 0 Å². The van der Waals surface area contributed by atoms with E-state index in [4.69, 9.17) is 17.3 Å². The Morgan fingerprint density at radius 1 is 1.47 bits per heavy atom. The Balaban J connectivity index is 2.80. The predicted molar refractivity (Wildman–Crippen MR) is 75.2 cm³/mol. The van der Waals surface area contributed by atoms with Crippen molar-refractivity contribution in [1.29, 1.82) is 0 Å². The molecule has 0 amide bonds. The van der Waals surface area contributed by atoms with Crippen molar-refractivity contribution >= 4 is 34.2 Å². The molecule has 2 unspecified atom stereocenters. The highest BCUT2D eigenvalue weighted by Crippen LogP contribution is 2.27. The minimum atomic E-state index is 0.102. The highest BCUT2D eigenvalue weighted by Gasteiger charge is 2.13. The molecular weight excluding hydrogens is 320 g/mol. The van der Waals surface area contributed by atoms with E-state index in [2.05, 4.69) is 36.4 Å². The van der Waals surface area contributed by atoms with E-state index in [-0.39, 0.29) is 6.04 Å². The second-order valence-electron chi connectivity index (χ2n) is 4.02. The summed E-state index contributed by atoms with van der Waals surface area (Å²) in [5.41, 5.74) is 7.35. The van der Waals surface area contributed by atoms with E-state index in [1.165, 1.54) is 15.6 Å². The van der Waals surface area contributed by atoms with E-state index in [9.17, 15) is 0 Å². The zero-order valence-electron chi connectivity index (χ0n) is 9.13.